The highest BCUT2D eigenvalue weighted by Crippen LogP contribution is 2.22. The number of aromatic nitrogens is 1. The SMILES string of the molecule is CN1CCCC(Nc2ccncc2Br)C1. The Labute approximate surface area is 99.0 Å². The lowest BCUT2D eigenvalue weighted by atomic mass is 10.1. The molecule has 2 rings (SSSR count). The number of nitrogens with zero attached hydrogens (tertiary/aromatic N) is 2. The van der Waals surface area contributed by atoms with E-state index in [0.717, 1.165) is 16.7 Å². The predicted molar refractivity (Wildman–Crippen MR) is 66.1 cm³/mol. The third-order valence-corrected chi connectivity index (χ3v) is 3.39. The number of hydrogen-bond donors (Lipinski definition) is 1. The highest BCUT2D eigenvalue weighted by molar-refractivity contribution is 9.10. The zero-order chi connectivity index (χ0) is 10.7. The highest BCUT2D eigenvalue weighted by atomic mass is 79.9. The predicted octanol–water partition coefficient (Wildman–Crippen LogP) is 2.35. The van der Waals surface area contributed by atoms with Gasteiger partial charge in [-0.2, -0.15) is 0 Å². The standard InChI is InChI=1S/C11H16BrN3/c1-15-6-2-3-9(8-15)14-11-4-5-13-7-10(11)12/h4-5,7,9H,2-3,6,8H2,1H3,(H,13,14). The summed E-state index contributed by atoms with van der Waals surface area (Å²) in [5.74, 6) is 0. The molecule has 82 valence electrons. The molecule has 1 aromatic heterocycles. The van der Waals surface area contributed by atoms with Gasteiger partial charge in [-0.25, -0.2) is 0 Å². The Hall–Kier alpha value is -0.610. The van der Waals surface area contributed by atoms with Gasteiger partial charge in [0, 0.05) is 25.0 Å². The minimum Gasteiger partial charge on any atom is -0.380 e. The van der Waals surface area contributed by atoms with Gasteiger partial charge < -0.3 is 10.2 Å². The molecule has 0 spiro atoms. The summed E-state index contributed by atoms with van der Waals surface area (Å²) < 4.78 is 1.04. The van der Waals surface area contributed by atoms with Crippen molar-refractivity contribution >= 4 is 21.6 Å². The molecular formula is C11H16BrN3. The van der Waals surface area contributed by atoms with E-state index in [0.29, 0.717) is 6.04 Å². The Kier molecular flexibility index (Phi) is 3.59. The summed E-state index contributed by atoms with van der Waals surface area (Å²) in [6, 6.07) is 2.57. The molecule has 3 nitrogen and oxygen atoms in total. The zero-order valence-corrected chi connectivity index (χ0v) is 10.5. The quantitative estimate of drug-likeness (QED) is 0.894. The van der Waals surface area contributed by atoms with E-state index in [1.165, 1.54) is 19.4 Å². The Morgan fingerprint density at radius 3 is 3.20 bits per heavy atom. The Morgan fingerprint density at radius 2 is 2.47 bits per heavy atom. The Balaban J connectivity index is 1.99. The molecule has 1 atom stereocenters. The minimum absolute atomic E-state index is 0.558. The van der Waals surface area contributed by atoms with Crippen LogP contribution in [0, 0.1) is 0 Å². The summed E-state index contributed by atoms with van der Waals surface area (Å²) in [6.07, 6.45) is 6.17. The van der Waals surface area contributed by atoms with E-state index in [4.69, 9.17) is 0 Å². The van der Waals surface area contributed by atoms with Crippen LogP contribution >= 0.6 is 15.9 Å². The van der Waals surface area contributed by atoms with Crippen LogP contribution in [-0.2, 0) is 0 Å². The van der Waals surface area contributed by atoms with Crippen molar-refractivity contribution in [1.82, 2.24) is 9.88 Å². The van der Waals surface area contributed by atoms with Crippen molar-refractivity contribution in [3.05, 3.63) is 22.9 Å². The lowest BCUT2D eigenvalue weighted by molar-refractivity contribution is 0.261. The maximum Gasteiger partial charge on any atom is 0.0590 e. The molecule has 1 aromatic rings. The number of nitrogens with one attached hydrogen (secondary N) is 1. The topological polar surface area (TPSA) is 28.2 Å². The molecule has 0 saturated carbocycles. The van der Waals surface area contributed by atoms with Crippen molar-refractivity contribution in [3.63, 3.8) is 0 Å². The smallest absolute Gasteiger partial charge is 0.0590 e. The lowest BCUT2D eigenvalue weighted by Crippen LogP contribution is -2.39. The number of likely N-dealkylation sites (N-methyl/N-ethyl adjacent to an activating group) is 1. The third kappa shape index (κ3) is 2.92. The van der Waals surface area contributed by atoms with Crippen molar-refractivity contribution in [2.75, 3.05) is 25.5 Å². The first-order valence-electron chi connectivity index (χ1n) is 5.30. The Bertz CT molecular complexity index is 329. The van der Waals surface area contributed by atoms with Crippen LogP contribution < -0.4 is 5.32 Å². The van der Waals surface area contributed by atoms with Gasteiger partial charge in [0.25, 0.3) is 0 Å². The van der Waals surface area contributed by atoms with Gasteiger partial charge in [-0.1, -0.05) is 0 Å². The van der Waals surface area contributed by atoms with E-state index in [9.17, 15) is 0 Å². The molecule has 1 aliphatic heterocycles. The second kappa shape index (κ2) is 4.94. The second-order valence-electron chi connectivity index (χ2n) is 4.10. The summed E-state index contributed by atoms with van der Waals surface area (Å²) in [4.78, 5) is 6.43. The number of halogens is 1. The maximum absolute atomic E-state index is 4.06. The number of likely N-dealkylation sites (tertiary alicyclic amines) is 1. The van der Waals surface area contributed by atoms with Gasteiger partial charge in [-0.3, -0.25) is 4.98 Å². The van der Waals surface area contributed by atoms with Crippen LogP contribution in [0.1, 0.15) is 12.8 Å². The molecule has 0 aromatic carbocycles. The summed E-state index contributed by atoms with van der Waals surface area (Å²) in [6.45, 7) is 2.34. The van der Waals surface area contributed by atoms with Crippen LogP contribution in [0.3, 0.4) is 0 Å². The summed E-state index contributed by atoms with van der Waals surface area (Å²) in [7, 11) is 2.18. The fraction of sp³-hybridized carbons (Fsp3) is 0.545. The largest absolute Gasteiger partial charge is 0.380 e. The number of rotatable bonds is 2. The average molecular weight is 270 g/mol. The van der Waals surface area contributed by atoms with E-state index >= 15 is 0 Å². The molecule has 0 radical (unpaired) electrons. The summed E-state index contributed by atoms with van der Waals surface area (Å²) in [5.41, 5.74) is 1.14. The average Bonchev–Trinajstić information content (AvgIpc) is 2.22. The van der Waals surface area contributed by atoms with Crippen LogP contribution in [0.25, 0.3) is 0 Å². The fourth-order valence-electron chi connectivity index (χ4n) is 2.00. The van der Waals surface area contributed by atoms with Gasteiger partial charge >= 0.3 is 0 Å². The van der Waals surface area contributed by atoms with Gasteiger partial charge in [0.05, 0.1) is 10.2 Å². The van der Waals surface area contributed by atoms with Gasteiger partial charge in [-0.05, 0) is 48.4 Å². The first-order chi connectivity index (χ1) is 7.25. The molecule has 0 amide bonds. The van der Waals surface area contributed by atoms with E-state index in [-0.39, 0.29) is 0 Å². The molecule has 1 N–H and O–H groups in total. The minimum atomic E-state index is 0.558. The lowest BCUT2D eigenvalue weighted by Gasteiger charge is -2.31. The van der Waals surface area contributed by atoms with Gasteiger partial charge in [0.2, 0.25) is 0 Å². The molecule has 2 heterocycles. The number of pyridine rings is 1. The Morgan fingerprint density at radius 1 is 1.60 bits per heavy atom. The molecule has 1 saturated heterocycles. The van der Waals surface area contributed by atoms with Crippen LogP contribution in [0.15, 0.2) is 22.9 Å². The number of anilines is 1. The molecular weight excluding hydrogens is 254 g/mol. The van der Waals surface area contributed by atoms with Crippen molar-refractivity contribution in [2.24, 2.45) is 0 Å². The van der Waals surface area contributed by atoms with Gasteiger partial charge in [0.1, 0.15) is 0 Å². The highest BCUT2D eigenvalue weighted by Gasteiger charge is 2.17. The summed E-state index contributed by atoms with van der Waals surface area (Å²) >= 11 is 3.50. The molecule has 1 aliphatic rings. The maximum atomic E-state index is 4.06. The summed E-state index contributed by atoms with van der Waals surface area (Å²) in [5, 5.41) is 3.55. The number of hydrogen-bond acceptors (Lipinski definition) is 3. The van der Waals surface area contributed by atoms with E-state index in [2.05, 4.69) is 38.2 Å². The number of piperidine rings is 1. The van der Waals surface area contributed by atoms with Crippen LogP contribution in [-0.4, -0.2) is 36.1 Å². The molecule has 1 fully saturated rings. The molecule has 0 bridgehead atoms. The molecule has 15 heavy (non-hydrogen) atoms. The fourth-order valence-corrected chi connectivity index (χ4v) is 2.36. The van der Waals surface area contributed by atoms with Crippen LogP contribution in [0.4, 0.5) is 5.69 Å². The first-order valence-corrected chi connectivity index (χ1v) is 6.09. The van der Waals surface area contributed by atoms with Crippen molar-refractivity contribution in [1.29, 1.82) is 0 Å². The van der Waals surface area contributed by atoms with Crippen LogP contribution in [0.2, 0.25) is 0 Å². The van der Waals surface area contributed by atoms with E-state index in [1.807, 2.05) is 18.5 Å². The second-order valence-corrected chi connectivity index (χ2v) is 4.96. The molecule has 1 unspecified atom stereocenters. The van der Waals surface area contributed by atoms with Crippen molar-refractivity contribution in [2.45, 2.75) is 18.9 Å². The van der Waals surface area contributed by atoms with Gasteiger partial charge in [0.15, 0.2) is 0 Å². The van der Waals surface area contributed by atoms with Gasteiger partial charge in [-0.15, -0.1) is 0 Å². The van der Waals surface area contributed by atoms with E-state index < -0.39 is 0 Å². The van der Waals surface area contributed by atoms with Crippen molar-refractivity contribution in [3.8, 4) is 0 Å². The zero-order valence-electron chi connectivity index (χ0n) is 8.91. The molecule has 0 aliphatic carbocycles. The molecule has 4 heteroatoms. The normalized spacial score (nSPS) is 22.7. The first kappa shape index (κ1) is 10.9. The van der Waals surface area contributed by atoms with Crippen molar-refractivity contribution < 1.29 is 0 Å². The van der Waals surface area contributed by atoms with Crippen LogP contribution in [0.5, 0.6) is 0 Å². The van der Waals surface area contributed by atoms with E-state index in [1.54, 1.807) is 0 Å². The monoisotopic (exact) mass is 269 g/mol. The third-order valence-electron chi connectivity index (χ3n) is 2.76.